The van der Waals surface area contributed by atoms with Crippen LogP contribution < -0.4 is 0 Å². The van der Waals surface area contributed by atoms with Gasteiger partial charge in [-0.2, -0.15) is 0 Å². The second-order valence-electron chi connectivity index (χ2n) is 5.37. The van der Waals surface area contributed by atoms with E-state index in [2.05, 4.69) is 6.92 Å². The first-order chi connectivity index (χ1) is 7.24. The van der Waals surface area contributed by atoms with Crippen LogP contribution >= 0.6 is 11.6 Å². The highest BCUT2D eigenvalue weighted by Gasteiger charge is 2.26. The average Bonchev–Trinajstić information content (AvgIpc) is 2.46. The Hall–Kier alpha value is 0.250. The maximum atomic E-state index is 6.29. The number of halogens is 1. The maximum absolute atomic E-state index is 6.29. The van der Waals surface area contributed by atoms with E-state index in [0.717, 1.165) is 5.92 Å². The van der Waals surface area contributed by atoms with E-state index < -0.39 is 0 Å². The van der Waals surface area contributed by atoms with Crippen molar-refractivity contribution in [3.8, 4) is 0 Å². The van der Waals surface area contributed by atoms with Crippen LogP contribution in [-0.2, 0) is 4.74 Å². The zero-order valence-corrected chi connectivity index (χ0v) is 10.5. The molecular formula is C13H23ClO. The molecule has 0 aromatic heterocycles. The summed E-state index contributed by atoms with van der Waals surface area (Å²) in [5.41, 5.74) is 0. The van der Waals surface area contributed by atoms with Gasteiger partial charge in [0.05, 0.1) is 12.2 Å². The van der Waals surface area contributed by atoms with Crippen LogP contribution in [0.25, 0.3) is 0 Å². The van der Waals surface area contributed by atoms with Crippen LogP contribution in [-0.4, -0.2) is 17.6 Å². The van der Waals surface area contributed by atoms with E-state index in [1.54, 1.807) is 0 Å². The van der Waals surface area contributed by atoms with Crippen LogP contribution in [0.5, 0.6) is 0 Å². The molecule has 2 heteroatoms. The summed E-state index contributed by atoms with van der Waals surface area (Å²) in [5.74, 6) is 0.824. The lowest BCUT2D eigenvalue weighted by molar-refractivity contribution is 0.0394. The van der Waals surface area contributed by atoms with E-state index in [1.807, 2.05) is 0 Å². The van der Waals surface area contributed by atoms with Crippen molar-refractivity contribution in [3.05, 3.63) is 0 Å². The van der Waals surface area contributed by atoms with Crippen molar-refractivity contribution in [1.29, 1.82) is 0 Å². The number of hydrogen-bond acceptors (Lipinski definition) is 1. The third kappa shape index (κ3) is 3.64. The van der Waals surface area contributed by atoms with Gasteiger partial charge < -0.3 is 4.74 Å². The summed E-state index contributed by atoms with van der Waals surface area (Å²) >= 11 is 6.29. The van der Waals surface area contributed by atoms with E-state index >= 15 is 0 Å². The first-order valence-electron chi connectivity index (χ1n) is 6.53. The molecule has 1 heterocycles. The summed E-state index contributed by atoms with van der Waals surface area (Å²) in [6.45, 7) is 2.19. The SMILES string of the molecule is CC1CCC(CC2CCCCC(Cl)C2)O1. The van der Waals surface area contributed by atoms with Gasteiger partial charge in [0, 0.05) is 5.38 Å². The van der Waals surface area contributed by atoms with Gasteiger partial charge in [-0.15, -0.1) is 11.6 Å². The summed E-state index contributed by atoms with van der Waals surface area (Å²) in [5, 5.41) is 0.427. The highest BCUT2D eigenvalue weighted by molar-refractivity contribution is 6.20. The van der Waals surface area contributed by atoms with Gasteiger partial charge in [-0.05, 0) is 44.9 Å². The van der Waals surface area contributed by atoms with Gasteiger partial charge in [0.15, 0.2) is 0 Å². The second-order valence-corrected chi connectivity index (χ2v) is 5.98. The number of ether oxygens (including phenoxy) is 1. The molecule has 1 saturated carbocycles. The van der Waals surface area contributed by atoms with E-state index in [1.165, 1.54) is 51.4 Å². The van der Waals surface area contributed by atoms with Crippen molar-refractivity contribution < 1.29 is 4.74 Å². The molecule has 0 N–H and O–H groups in total. The van der Waals surface area contributed by atoms with Crippen molar-refractivity contribution in [1.82, 2.24) is 0 Å². The standard InChI is InChI=1S/C13H23ClO/c1-10-6-7-13(15-10)9-11-4-2-3-5-12(14)8-11/h10-13H,2-9H2,1H3. The van der Waals surface area contributed by atoms with Crippen molar-refractivity contribution in [2.45, 2.75) is 75.9 Å². The molecular weight excluding hydrogens is 208 g/mol. The molecule has 0 spiro atoms. The van der Waals surface area contributed by atoms with Gasteiger partial charge in [-0.25, -0.2) is 0 Å². The van der Waals surface area contributed by atoms with Gasteiger partial charge in [-0.1, -0.05) is 19.3 Å². The molecule has 1 aliphatic heterocycles. The second kappa shape index (κ2) is 5.54. The van der Waals surface area contributed by atoms with E-state index in [4.69, 9.17) is 16.3 Å². The molecule has 2 rings (SSSR count). The summed E-state index contributed by atoms with van der Waals surface area (Å²) in [4.78, 5) is 0. The molecule has 0 amide bonds. The van der Waals surface area contributed by atoms with Crippen LogP contribution in [0.1, 0.15) is 58.3 Å². The zero-order valence-electron chi connectivity index (χ0n) is 9.75. The Morgan fingerprint density at radius 3 is 2.67 bits per heavy atom. The van der Waals surface area contributed by atoms with Gasteiger partial charge in [0.25, 0.3) is 0 Å². The van der Waals surface area contributed by atoms with E-state index in [-0.39, 0.29) is 0 Å². The van der Waals surface area contributed by atoms with Crippen molar-refractivity contribution in [3.63, 3.8) is 0 Å². The number of alkyl halides is 1. The summed E-state index contributed by atoms with van der Waals surface area (Å²) < 4.78 is 5.90. The summed E-state index contributed by atoms with van der Waals surface area (Å²) in [6.07, 6.45) is 11.3. The van der Waals surface area contributed by atoms with Gasteiger partial charge in [0.1, 0.15) is 0 Å². The lowest BCUT2D eigenvalue weighted by Crippen LogP contribution is -2.16. The summed E-state index contributed by atoms with van der Waals surface area (Å²) in [6, 6.07) is 0. The predicted molar refractivity (Wildman–Crippen MR) is 64.4 cm³/mol. The Bertz CT molecular complexity index is 195. The Labute approximate surface area is 98.5 Å². The Morgan fingerprint density at radius 2 is 1.93 bits per heavy atom. The first kappa shape index (κ1) is 11.7. The van der Waals surface area contributed by atoms with Crippen LogP contribution in [0.3, 0.4) is 0 Å². The monoisotopic (exact) mass is 230 g/mol. The lowest BCUT2D eigenvalue weighted by Gasteiger charge is -2.20. The van der Waals surface area contributed by atoms with Crippen LogP contribution in [0, 0.1) is 5.92 Å². The minimum Gasteiger partial charge on any atom is -0.375 e. The van der Waals surface area contributed by atoms with Crippen molar-refractivity contribution in [2.75, 3.05) is 0 Å². The highest BCUT2D eigenvalue weighted by atomic mass is 35.5. The fraction of sp³-hybridized carbons (Fsp3) is 1.00. The van der Waals surface area contributed by atoms with Crippen LogP contribution in [0.4, 0.5) is 0 Å². The van der Waals surface area contributed by atoms with E-state index in [9.17, 15) is 0 Å². The molecule has 0 aromatic rings. The normalized spacial score (nSPS) is 42.8. The molecule has 88 valence electrons. The van der Waals surface area contributed by atoms with Crippen molar-refractivity contribution >= 4 is 11.6 Å². The molecule has 0 aromatic carbocycles. The van der Waals surface area contributed by atoms with Crippen LogP contribution in [0.2, 0.25) is 0 Å². The van der Waals surface area contributed by atoms with Crippen LogP contribution in [0.15, 0.2) is 0 Å². The lowest BCUT2D eigenvalue weighted by atomic mass is 9.92. The zero-order chi connectivity index (χ0) is 10.7. The molecule has 2 aliphatic rings. The number of hydrogen-bond donors (Lipinski definition) is 0. The predicted octanol–water partition coefficient (Wildman–Crippen LogP) is 4.13. The molecule has 15 heavy (non-hydrogen) atoms. The molecule has 1 nitrogen and oxygen atoms in total. The van der Waals surface area contributed by atoms with Crippen molar-refractivity contribution in [2.24, 2.45) is 5.92 Å². The highest BCUT2D eigenvalue weighted by Crippen LogP contribution is 2.33. The maximum Gasteiger partial charge on any atom is 0.0582 e. The summed E-state index contributed by atoms with van der Waals surface area (Å²) in [7, 11) is 0. The molecule has 1 aliphatic carbocycles. The minimum atomic E-state index is 0.427. The van der Waals surface area contributed by atoms with E-state index in [0.29, 0.717) is 17.6 Å². The topological polar surface area (TPSA) is 9.23 Å². The Morgan fingerprint density at radius 1 is 1.13 bits per heavy atom. The molecule has 2 fully saturated rings. The molecule has 0 radical (unpaired) electrons. The fourth-order valence-electron chi connectivity index (χ4n) is 3.04. The Kier molecular flexibility index (Phi) is 4.33. The quantitative estimate of drug-likeness (QED) is 0.512. The first-order valence-corrected chi connectivity index (χ1v) is 6.97. The molecule has 0 bridgehead atoms. The largest absolute Gasteiger partial charge is 0.375 e. The third-order valence-electron chi connectivity index (χ3n) is 3.88. The Balaban J connectivity index is 1.77. The molecule has 4 unspecified atom stereocenters. The third-order valence-corrected chi connectivity index (χ3v) is 4.28. The van der Waals surface area contributed by atoms with Gasteiger partial charge in [0.2, 0.25) is 0 Å². The fourth-order valence-corrected chi connectivity index (χ4v) is 3.45. The average molecular weight is 231 g/mol. The molecule has 1 saturated heterocycles. The number of rotatable bonds is 2. The minimum absolute atomic E-state index is 0.427. The van der Waals surface area contributed by atoms with Gasteiger partial charge >= 0.3 is 0 Å². The smallest absolute Gasteiger partial charge is 0.0582 e. The molecule has 4 atom stereocenters. The van der Waals surface area contributed by atoms with Gasteiger partial charge in [-0.3, -0.25) is 0 Å².